The molecular weight excluding hydrogens is 267 g/mol. The average molecular weight is 284 g/mol. The highest BCUT2D eigenvalue weighted by molar-refractivity contribution is 5.86. The molecule has 0 atom stereocenters. The zero-order valence-corrected chi connectivity index (χ0v) is 11.8. The largest absolute Gasteiger partial charge is 0.496 e. The summed E-state index contributed by atoms with van der Waals surface area (Å²) < 4.78 is 21.4. The number of benzene rings is 2. The summed E-state index contributed by atoms with van der Waals surface area (Å²) in [5, 5.41) is 1.03. The van der Waals surface area contributed by atoms with Gasteiger partial charge >= 0.3 is 0 Å². The number of nitrogens with zero attached hydrogens (tertiary/aromatic N) is 1. The zero-order chi connectivity index (χ0) is 14.8. The van der Waals surface area contributed by atoms with Crippen molar-refractivity contribution in [3.05, 3.63) is 65.6 Å². The van der Waals surface area contributed by atoms with E-state index in [2.05, 4.69) is 0 Å². The second-order valence-electron chi connectivity index (χ2n) is 4.97. The molecule has 0 saturated carbocycles. The van der Waals surface area contributed by atoms with Gasteiger partial charge in [-0.15, -0.1) is 0 Å². The Morgan fingerprint density at radius 2 is 2.05 bits per heavy atom. The third-order valence-corrected chi connectivity index (χ3v) is 3.69. The van der Waals surface area contributed by atoms with Gasteiger partial charge in [0.25, 0.3) is 0 Å². The molecule has 0 aliphatic carbocycles. The lowest BCUT2D eigenvalue weighted by Crippen LogP contribution is -2.03. The lowest BCUT2D eigenvalue weighted by Gasteiger charge is -2.09. The maximum atomic E-state index is 14.1. The van der Waals surface area contributed by atoms with Crippen molar-refractivity contribution in [1.29, 1.82) is 0 Å². The highest BCUT2D eigenvalue weighted by atomic mass is 19.1. The zero-order valence-electron chi connectivity index (χ0n) is 11.8. The Morgan fingerprint density at radius 1 is 1.19 bits per heavy atom. The maximum Gasteiger partial charge on any atom is 0.128 e. The van der Waals surface area contributed by atoms with Crippen molar-refractivity contribution in [1.82, 2.24) is 4.57 Å². The monoisotopic (exact) mass is 284 g/mol. The lowest BCUT2D eigenvalue weighted by atomic mass is 10.1. The Bertz CT molecular complexity index is 780. The van der Waals surface area contributed by atoms with E-state index in [0.717, 1.165) is 22.2 Å². The number of nitrogens with two attached hydrogens (primary N) is 1. The van der Waals surface area contributed by atoms with Gasteiger partial charge in [-0.1, -0.05) is 18.2 Å². The Labute approximate surface area is 122 Å². The first-order chi connectivity index (χ1) is 10.2. The molecule has 108 valence electrons. The highest BCUT2D eigenvalue weighted by Crippen LogP contribution is 2.27. The molecule has 0 bridgehead atoms. The fraction of sp³-hybridized carbons (Fsp3) is 0.176. The fourth-order valence-corrected chi connectivity index (χ4v) is 2.54. The smallest absolute Gasteiger partial charge is 0.128 e. The summed E-state index contributed by atoms with van der Waals surface area (Å²) in [6.45, 7) is 0.828. The number of halogens is 1. The minimum absolute atomic E-state index is 0.220. The van der Waals surface area contributed by atoms with Crippen LogP contribution in [0.5, 0.6) is 5.75 Å². The Kier molecular flexibility index (Phi) is 3.62. The summed E-state index contributed by atoms with van der Waals surface area (Å²) in [7, 11) is 1.65. The van der Waals surface area contributed by atoms with Crippen molar-refractivity contribution in [3.8, 4) is 5.75 Å². The molecule has 1 heterocycles. The second-order valence-corrected chi connectivity index (χ2v) is 4.97. The van der Waals surface area contributed by atoms with Gasteiger partial charge in [0.15, 0.2) is 0 Å². The molecule has 1 aromatic heterocycles. The summed E-state index contributed by atoms with van der Waals surface area (Å²) >= 11 is 0. The molecule has 0 aliphatic heterocycles. The summed E-state index contributed by atoms with van der Waals surface area (Å²) in [6, 6.07) is 13.0. The standard InChI is InChI=1S/C17H17FN2O/c1-21-17-4-2-3-16-14(17)7-8-20(16)11-13-6-5-12(10-19)9-15(13)18/h2-9H,10-11,19H2,1H3. The van der Waals surface area contributed by atoms with Gasteiger partial charge in [-0.3, -0.25) is 0 Å². The topological polar surface area (TPSA) is 40.2 Å². The molecule has 0 radical (unpaired) electrons. The van der Waals surface area contributed by atoms with Gasteiger partial charge in [-0.05, 0) is 29.8 Å². The van der Waals surface area contributed by atoms with E-state index >= 15 is 0 Å². The number of hydrogen-bond donors (Lipinski definition) is 1. The van der Waals surface area contributed by atoms with Gasteiger partial charge in [0, 0.05) is 23.7 Å². The van der Waals surface area contributed by atoms with Crippen LogP contribution in [0.25, 0.3) is 10.9 Å². The minimum Gasteiger partial charge on any atom is -0.496 e. The number of methoxy groups -OCH3 is 1. The van der Waals surface area contributed by atoms with E-state index in [4.69, 9.17) is 10.5 Å². The molecular formula is C17H17FN2O. The van der Waals surface area contributed by atoms with Crippen LogP contribution in [0.4, 0.5) is 4.39 Å². The summed E-state index contributed by atoms with van der Waals surface area (Å²) in [5.41, 5.74) is 8.00. The van der Waals surface area contributed by atoms with Crippen LogP contribution in [0.3, 0.4) is 0 Å². The van der Waals surface area contributed by atoms with Crippen molar-refractivity contribution in [3.63, 3.8) is 0 Å². The summed E-state index contributed by atoms with van der Waals surface area (Å²) in [6.07, 6.45) is 1.95. The molecule has 21 heavy (non-hydrogen) atoms. The Hall–Kier alpha value is -2.33. The van der Waals surface area contributed by atoms with E-state index in [9.17, 15) is 4.39 Å². The van der Waals surface area contributed by atoms with Crippen LogP contribution in [0, 0.1) is 5.82 Å². The molecule has 2 aromatic carbocycles. The third kappa shape index (κ3) is 2.50. The molecule has 3 aromatic rings. The van der Waals surface area contributed by atoms with E-state index in [1.54, 1.807) is 13.2 Å². The fourth-order valence-electron chi connectivity index (χ4n) is 2.54. The number of fused-ring (bicyclic) bond motifs is 1. The van der Waals surface area contributed by atoms with E-state index in [1.807, 2.05) is 41.1 Å². The summed E-state index contributed by atoms with van der Waals surface area (Å²) in [5.74, 6) is 0.605. The van der Waals surface area contributed by atoms with Crippen molar-refractivity contribution in [2.24, 2.45) is 5.73 Å². The van der Waals surface area contributed by atoms with Crippen molar-refractivity contribution in [2.45, 2.75) is 13.1 Å². The maximum absolute atomic E-state index is 14.1. The molecule has 4 heteroatoms. The van der Waals surface area contributed by atoms with Gasteiger partial charge in [-0.25, -0.2) is 4.39 Å². The number of rotatable bonds is 4. The molecule has 0 aliphatic rings. The first-order valence-electron chi connectivity index (χ1n) is 6.82. The molecule has 0 amide bonds. The van der Waals surface area contributed by atoms with Crippen LogP contribution in [-0.4, -0.2) is 11.7 Å². The van der Waals surface area contributed by atoms with Crippen molar-refractivity contribution < 1.29 is 9.13 Å². The van der Waals surface area contributed by atoms with E-state index in [0.29, 0.717) is 18.7 Å². The van der Waals surface area contributed by atoms with Crippen LogP contribution in [-0.2, 0) is 13.1 Å². The highest BCUT2D eigenvalue weighted by Gasteiger charge is 2.09. The van der Waals surface area contributed by atoms with E-state index in [-0.39, 0.29) is 5.82 Å². The Balaban J connectivity index is 1.99. The van der Waals surface area contributed by atoms with E-state index in [1.165, 1.54) is 6.07 Å². The van der Waals surface area contributed by atoms with Gasteiger partial charge < -0.3 is 15.0 Å². The van der Waals surface area contributed by atoms with Crippen molar-refractivity contribution in [2.75, 3.05) is 7.11 Å². The van der Waals surface area contributed by atoms with Crippen LogP contribution in [0.15, 0.2) is 48.7 Å². The normalized spacial score (nSPS) is 11.0. The average Bonchev–Trinajstić information content (AvgIpc) is 2.92. The number of hydrogen-bond acceptors (Lipinski definition) is 2. The predicted octanol–water partition coefficient (Wildman–Crippen LogP) is 3.30. The van der Waals surface area contributed by atoms with Gasteiger partial charge in [0.1, 0.15) is 11.6 Å². The number of ether oxygens (including phenoxy) is 1. The SMILES string of the molecule is COc1cccc2c1ccn2Cc1ccc(CN)cc1F. The van der Waals surface area contributed by atoms with E-state index < -0.39 is 0 Å². The molecule has 0 fully saturated rings. The second kappa shape index (κ2) is 5.58. The first kappa shape index (κ1) is 13.6. The van der Waals surface area contributed by atoms with Crippen LogP contribution in [0.2, 0.25) is 0 Å². The Morgan fingerprint density at radius 3 is 2.76 bits per heavy atom. The van der Waals surface area contributed by atoms with Crippen LogP contribution in [0.1, 0.15) is 11.1 Å². The van der Waals surface area contributed by atoms with Gasteiger partial charge in [0.2, 0.25) is 0 Å². The molecule has 0 spiro atoms. The third-order valence-electron chi connectivity index (χ3n) is 3.69. The number of aromatic nitrogens is 1. The van der Waals surface area contributed by atoms with Gasteiger partial charge in [-0.2, -0.15) is 0 Å². The minimum atomic E-state index is -0.220. The van der Waals surface area contributed by atoms with Crippen LogP contribution >= 0.6 is 0 Å². The predicted molar refractivity (Wildman–Crippen MR) is 81.9 cm³/mol. The molecule has 0 unspecified atom stereocenters. The molecule has 0 saturated heterocycles. The lowest BCUT2D eigenvalue weighted by molar-refractivity contribution is 0.420. The van der Waals surface area contributed by atoms with Crippen molar-refractivity contribution >= 4 is 10.9 Å². The molecule has 3 nitrogen and oxygen atoms in total. The van der Waals surface area contributed by atoms with Gasteiger partial charge in [0.05, 0.1) is 19.2 Å². The molecule has 2 N–H and O–H groups in total. The first-order valence-corrected chi connectivity index (χ1v) is 6.82. The van der Waals surface area contributed by atoms with Crippen LogP contribution < -0.4 is 10.5 Å². The quantitative estimate of drug-likeness (QED) is 0.798. The summed E-state index contributed by atoms with van der Waals surface area (Å²) in [4.78, 5) is 0. The molecule has 3 rings (SSSR count).